The highest BCUT2D eigenvalue weighted by molar-refractivity contribution is 7.07. The normalized spacial score (nSPS) is 21.2. The van der Waals surface area contributed by atoms with Crippen LogP contribution < -0.4 is 4.90 Å². The highest BCUT2D eigenvalue weighted by Crippen LogP contribution is 2.33. The summed E-state index contributed by atoms with van der Waals surface area (Å²) in [6.45, 7) is 5.42. The van der Waals surface area contributed by atoms with Crippen molar-refractivity contribution >= 4 is 17.2 Å². The zero-order chi connectivity index (χ0) is 16.5. The number of rotatable bonds is 3. The minimum Gasteiger partial charge on any atom is -0.367 e. The molecular formula is C17H18N4O2S. The molecule has 4 heterocycles. The summed E-state index contributed by atoms with van der Waals surface area (Å²) in [5, 5.41) is 8.11. The van der Waals surface area contributed by atoms with Crippen LogP contribution in [0.4, 0.5) is 5.82 Å². The first kappa shape index (κ1) is 15.3. The van der Waals surface area contributed by atoms with Crippen LogP contribution in [0.3, 0.4) is 0 Å². The average molecular weight is 342 g/mol. The van der Waals surface area contributed by atoms with E-state index in [1.165, 1.54) is 5.56 Å². The minimum atomic E-state index is 0.0410. The lowest BCUT2D eigenvalue weighted by Gasteiger charge is -2.37. The molecule has 0 spiro atoms. The number of morpholine rings is 1. The molecule has 4 rings (SSSR count). The van der Waals surface area contributed by atoms with Gasteiger partial charge in [-0.15, -0.1) is 0 Å². The van der Waals surface area contributed by atoms with Gasteiger partial charge in [-0.1, -0.05) is 5.16 Å². The second-order valence-corrected chi connectivity index (χ2v) is 6.70. The summed E-state index contributed by atoms with van der Waals surface area (Å²) in [5.74, 6) is 1.98. The zero-order valence-corrected chi connectivity index (χ0v) is 14.4. The number of hydrogen-bond donors (Lipinski definition) is 0. The topological polar surface area (TPSA) is 64.3 Å². The van der Waals surface area contributed by atoms with E-state index in [2.05, 4.69) is 43.8 Å². The molecule has 1 aliphatic rings. The molecule has 0 N–H and O–H groups in total. The maximum atomic E-state index is 6.12. The number of nitrogens with zero attached hydrogens (tertiary/aromatic N) is 4. The predicted octanol–water partition coefficient (Wildman–Crippen LogP) is 3.47. The van der Waals surface area contributed by atoms with E-state index in [1.807, 2.05) is 19.1 Å². The van der Waals surface area contributed by atoms with Gasteiger partial charge in [0.25, 0.3) is 5.89 Å². The Kier molecular flexibility index (Phi) is 4.03. The van der Waals surface area contributed by atoms with Crippen LogP contribution in [0.1, 0.15) is 24.4 Å². The SMILES string of the molecule is Cc1noc(-c2cccnc2N2CC(C)OC(c3ccsc3)C2)n1. The monoisotopic (exact) mass is 342 g/mol. The maximum absolute atomic E-state index is 6.12. The highest BCUT2D eigenvalue weighted by atomic mass is 32.1. The van der Waals surface area contributed by atoms with Crippen molar-refractivity contribution in [3.63, 3.8) is 0 Å². The zero-order valence-electron chi connectivity index (χ0n) is 13.5. The summed E-state index contributed by atoms with van der Waals surface area (Å²) in [7, 11) is 0. The summed E-state index contributed by atoms with van der Waals surface area (Å²) in [4.78, 5) is 11.2. The number of pyridine rings is 1. The molecule has 1 aliphatic heterocycles. The Labute approximate surface area is 144 Å². The van der Waals surface area contributed by atoms with E-state index >= 15 is 0 Å². The summed E-state index contributed by atoms with van der Waals surface area (Å²) in [6.07, 6.45) is 1.95. The Morgan fingerprint density at radius 2 is 2.21 bits per heavy atom. The first-order valence-corrected chi connectivity index (χ1v) is 8.83. The first-order valence-electron chi connectivity index (χ1n) is 7.89. The van der Waals surface area contributed by atoms with Crippen molar-refractivity contribution in [1.29, 1.82) is 0 Å². The van der Waals surface area contributed by atoms with E-state index in [4.69, 9.17) is 9.26 Å². The Morgan fingerprint density at radius 1 is 1.29 bits per heavy atom. The van der Waals surface area contributed by atoms with Crippen molar-refractivity contribution in [3.8, 4) is 11.5 Å². The molecule has 124 valence electrons. The summed E-state index contributed by atoms with van der Waals surface area (Å²) in [5.41, 5.74) is 2.07. The number of ether oxygens (including phenoxy) is 1. The average Bonchev–Trinajstić information content (AvgIpc) is 3.26. The Bertz CT molecular complexity index is 818. The fourth-order valence-corrected chi connectivity index (χ4v) is 3.69. The lowest BCUT2D eigenvalue weighted by atomic mass is 10.1. The number of aromatic nitrogens is 3. The summed E-state index contributed by atoms with van der Waals surface area (Å²) < 4.78 is 11.5. The molecule has 6 nitrogen and oxygen atoms in total. The van der Waals surface area contributed by atoms with Gasteiger partial charge in [0.2, 0.25) is 0 Å². The van der Waals surface area contributed by atoms with Crippen molar-refractivity contribution in [2.24, 2.45) is 0 Å². The van der Waals surface area contributed by atoms with Crippen molar-refractivity contribution in [2.75, 3.05) is 18.0 Å². The molecule has 0 amide bonds. The molecule has 0 aromatic carbocycles. The number of aryl methyl sites for hydroxylation is 1. The van der Waals surface area contributed by atoms with E-state index in [-0.39, 0.29) is 12.2 Å². The third-order valence-electron chi connectivity index (χ3n) is 4.02. The number of anilines is 1. The molecule has 3 aromatic rings. The van der Waals surface area contributed by atoms with E-state index in [0.717, 1.165) is 24.5 Å². The van der Waals surface area contributed by atoms with Crippen LogP contribution in [-0.4, -0.2) is 34.3 Å². The molecule has 2 atom stereocenters. The molecule has 1 fully saturated rings. The third-order valence-corrected chi connectivity index (χ3v) is 4.72. The van der Waals surface area contributed by atoms with Crippen molar-refractivity contribution in [3.05, 3.63) is 46.5 Å². The Hall–Kier alpha value is -2.25. The van der Waals surface area contributed by atoms with Crippen molar-refractivity contribution < 1.29 is 9.26 Å². The van der Waals surface area contributed by atoms with Crippen LogP contribution in [0.5, 0.6) is 0 Å². The van der Waals surface area contributed by atoms with E-state index in [1.54, 1.807) is 17.5 Å². The fourth-order valence-electron chi connectivity index (χ4n) is 2.99. The van der Waals surface area contributed by atoms with Gasteiger partial charge in [-0.25, -0.2) is 4.98 Å². The number of hydrogen-bond acceptors (Lipinski definition) is 7. The summed E-state index contributed by atoms with van der Waals surface area (Å²) in [6, 6.07) is 5.97. The van der Waals surface area contributed by atoms with Gasteiger partial charge in [0.05, 0.1) is 11.7 Å². The van der Waals surface area contributed by atoms with Gasteiger partial charge in [0, 0.05) is 19.3 Å². The fraction of sp³-hybridized carbons (Fsp3) is 0.353. The largest absolute Gasteiger partial charge is 0.367 e. The highest BCUT2D eigenvalue weighted by Gasteiger charge is 2.29. The molecule has 24 heavy (non-hydrogen) atoms. The van der Waals surface area contributed by atoms with Crippen LogP contribution >= 0.6 is 11.3 Å². The molecule has 0 saturated carbocycles. The Balaban J connectivity index is 1.68. The molecule has 3 aromatic heterocycles. The maximum Gasteiger partial charge on any atom is 0.261 e. The van der Waals surface area contributed by atoms with Gasteiger partial charge in [-0.3, -0.25) is 0 Å². The molecule has 7 heteroatoms. The molecule has 1 saturated heterocycles. The van der Waals surface area contributed by atoms with Crippen molar-refractivity contribution in [2.45, 2.75) is 26.1 Å². The van der Waals surface area contributed by atoms with Gasteiger partial charge >= 0.3 is 0 Å². The molecule has 0 aliphatic carbocycles. The Morgan fingerprint density at radius 3 is 2.96 bits per heavy atom. The second-order valence-electron chi connectivity index (χ2n) is 5.92. The van der Waals surface area contributed by atoms with E-state index in [9.17, 15) is 0 Å². The van der Waals surface area contributed by atoms with E-state index in [0.29, 0.717) is 11.7 Å². The van der Waals surface area contributed by atoms with Gasteiger partial charge < -0.3 is 14.2 Å². The van der Waals surface area contributed by atoms with Crippen LogP contribution in [0.15, 0.2) is 39.7 Å². The number of thiophene rings is 1. The lowest BCUT2D eigenvalue weighted by Crippen LogP contribution is -2.43. The second kappa shape index (κ2) is 6.33. The van der Waals surface area contributed by atoms with Crippen LogP contribution in [-0.2, 0) is 4.74 Å². The lowest BCUT2D eigenvalue weighted by molar-refractivity contribution is -0.0173. The van der Waals surface area contributed by atoms with Crippen molar-refractivity contribution in [1.82, 2.24) is 15.1 Å². The van der Waals surface area contributed by atoms with Crippen LogP contribution in [0, 0.1) is 6.92 Å². The molecular weight excluding hydrogens is 324 g/mol. The van der Waals surface area contributed by atoms with Crippen LogP contribution in [0.2, 0.25) is 0 Å². The molecule has 2 unspecified atom stereocenters. The first-order chi connectivity index (χ1) is 11.7. The summed E-state index contributed by atoms with van der Waals surface area (Å²) >= 11 is 1.69. The van der Waals surface area contributed by atoms with Gasteiger partial charge in [0.1, 0.15) is 11.9 Å². The van der Waals surface area contributed by atoms with E-state index < -0.39 is 0 Å². The minimum absolute atomic E-state index is 0.0410. The third kappa shape index (κ3) is 2.92. The standard InChI is InChI=1S/C17H18N4O2S/c1-11-8-21(9-15(22-11)13-5-7-24-10-13)16-14(4-3-6-18-16)17-19-12(2)20-23-17/h3-7,10-11,15H,8-9H2,1-2H3. The molecule has 0 bridgehead atoms. The van der Waals surface area contributed by atoms with Crippen LogP contribution in [0.25, 0.3) is 11.5 Å². The molecule has 0 radical (unpaired) electrons. The van der Waals surface area contributed by atoms with Gasteiger partial charge in [-0.05, 0) is 48.4 Å². The smallest absolute Gasteiger partial charge is 0.261 e. The van der Waals surface area contributed by atoms with Gasteiger partial charge in [-0.2, -0.15) is 16.3 Å². The predicted molar refractivity (Wildman–Crippen MR) is 92.1 cm³/mol. The van der Waals surface area contributed by atoms with Gasteiger partial charge in [0.15, 0.2) is 5.82 Å². The quantitative estimate of drug-likeness (QED) is 0.726.